The van der Waals surface area contributed by atoms with E-state index in [9.17, 15) is 9.32 Å². The van der Waals surface area contributed by atoms with Crippen molar-refractivity contribution in [3.8, 4) is 5.75 Å². The lowest BCUT2D eigenvalue weighted by molar-refractivity contribution is 0.462. The molecule has 0 bridgehead atoms. The molecule has 2 unspecified atom stereocenters. The number of nitrogens with one attached hydrogen (secondary N) is 1. The second kappa shape index (κ2) is 6.23. The van der Waals surface area contributed by atoms with E-state index in [1.165, 1.54) is 0 Å². The van der Waals surface area contributed by atoms with E-state index in [1.807, 2.05) is 13.0 Å². The number of hydrogen-bond acceptors (Lipinski definition) is 3. The third-order valence-electron chi connectivity index (χ3n) is 2.20. The smallest absolute Gasteiger partial charge is 0.138 e. The molecule has 0 heterocycles. The zero-order valence-corrected chi connectivity index (χ0v) is 10.9. The Morgan fingerprint density at radius 2 is 2.25 bits per heavy atom. The molecule has 0 saturated heterocycles. The maximum Gasteiger partial charge on any atom is 0.138 e. The lowest BCUT2D eigenvalue weighted by Gasteiger charge is -2.13. The van der Waals surface area contributed by atoms with Crippen LogP contribution in [0.2, 0.25) is 5.02 Å². The van der Waals surface area contributed by atoms with Crippen LogP contribution in [-0.2, 0) is 17.3 Å². The van der Waals surface area contributed by atoms with E-state index in [2.05, 4.69) is 5.32 Å². The zero-order chi connectivity index (χ0) is 12.1. The average molecular weight is 262 g/mol. The first-order valence-electron chi connectivity index (χ1n) is 5.00. The fourth-order valence-corrected chi connectivity index (χ4v) is 2.41. The predicted octanol–water partition coefficient (Wildman–Crippen LogP) is 1.90. The molecule has 1 rings (SSSR count). The third-order valence-corrected chi connectivity index (χ3v) is 3.47. The summed E-state index contributed by atoms with van der Waals surface area (Å²) in [6, 6.07) is 5.39. The van der Waals surface area contributed by atoms with E-state index in [1.54, 1.807) is 18.4 Å². The highest BCUT2D eigenvalue weighted by Crippen LogP contribution is 2.26. The van der Waals surface area contributed by atoms with Crippen LogP contribution in [0.4, 0.5) is 0 Å². The number of para-hydroxylation sites is 1. The van der Waals surface area contributed by atoms with Crippen LogP contribution in [0.5, 0.6) is 5.75 Å². The van der Waals surface area contributed by atoms with E-state index < -0.39 is 10.8 Å². The van der Waals surface area contributed by atoms with Crippen LogP contribution in [0, 0.1) is 0 Å². The maximum atomic E-state index is 11.0. The summed E-state index contributed by atoms with van der Waals surface area (Å²) in [5.74, 6) is 0.711. The topological polar surface area (TPSA) is 49.3 Å². The lowest BCUT2D eigenvalue weighted by atomic mass is 10.2. The Hall–Kier alpha value is -0.580. The van der Waals surface area contributed by atoms with Crippen molar-refractivity contribution in [3.05, 3.63) is 28.8 Å². The standard InChI is InChI=1S/C11H16ClNO2S/c1-8(7-16(2)15)13-6-9-4-3-5-10(12)11(9)14/h3-5,8,13-14H,6-7H2,1-2H3. The molecular formula is C11H16ClNO2S. The van der Waals surface area contributed by atoms with Gasteiger partial charge in [0, 0.05) is 41.0 Å². The molecule has 0 aliphatic carbocycles. The third kappa shape index (κ3) is 4.12. The van der Waals surface area contributed by atoms with Gasteiger partial charge in [-0.25, -0.2) is 0 Å². The normalized spacial score (nSPS) is 14.7. The highest BCUT2D eigenvalue weighted by molar-refractivity contribution is 7.84. The number of rotatable bonds is 5. The van der Waals surface area contributed by atoms with Crippen molar-refractivity contribution in [2.75, 3.05) is 12.0 Å². The van der Waals surface area contributed by atoms with E-state index >= 15 is 0 Å². The van der Waals surface area contributed by atoms with Crippen molar-refractivity contribution >= 4 is 22.4 Å². The number of hydrogen-bond donors (Lipinski definition) is 2. The summed E-state index contributed by atoms with van der Waals surface area (Å²) in [6.07, 6.45) is 1.68. The first-order valence-corrected chi connectivity index (χ1v) is 7.11. The summed E-state index contributed by atoms with van der Waals surface area (Å²) in [5.41, 5.74) is 0.751. The first kappa shape index (κ1) is 13.5. The Morgan fingerprint density at radius 1 is 1.56 bits per heavy atom. The van der Waals surface area contributed by atoms with Gasteiger partial charge in [0.05, 0.1) is 5.02 Å². The van der Waals surface area contributed by atoms with Crippen LogP contribution in [0.1, 0.15) is 12.5 Å². The van der Waals surface area contributed by atoms with E-state index in [0.717, 1.165) is 5.56 Å². The van der Waals surface area contributed by atoms with Gasteiger partial charge in [-0.2, -0.15) is 0 Å². The number of phenols is 1. The summed E-state index contributed by atoms with van der Waals surface area (Å²) in [6.45, 7) is 2.48. The minimum absolute atomic E-state index is 0.112. The van der Waals surface area contributed by atoms with E-state index in [-0.39, 0.29) is 11.8 Å². The predicted molar refractivity (Wildman–Crippen MR) is 68.4 cm³/mol. The summed E-state index contributed by atoms with van der Waals surface area (Å²) in [4.78, 5) is 0. The number of phenolic OH excluding ortho intramolecular Hbond substituents is 1. The molecule has 3 nitrogen and oxygen atoms in total. The van der Waals surface area contributed by atoms with E-state index in [4.69, 9.17) is 11.6 Å². The maximum absolute atomic E-state index is 11.0. The Bertz CT molecular complexity index is 384. The van der Waals surface area contributed by atoms with Gasteiger partial charge < -0.3 is 10.4 Å². The molecule has 0 spiro atoms. The summed E-state index contributed by atoms with van der Waals surface area (Å²) in [7, 11) is -0.814. The van der Waals surface area contributed by atoms with Crippen LogP contribution < -0.4 is 5.32 Å². The molecule has 0 fully saturated rings. The van der Waals surface area contributed by atoms with Gasteiger partial charge in [0.15, 0.2) is 0 Å². The van der Waals surface area contributed by atoms with Gasteiger partial charge in [-0.05, 0) is 13.0 Å². The molecule has 5 heteroatoms. The van der Waals surface area contributed by atoms with Crippen LogP contribution in [-0.4, -0.2) is 27.4 Å². The molecule has 2 atom stereocenters. The van der Waals surface area contributed by atoms with Crippen LogP contribution in [0.3, 0.4) is 0 Å². The molecule has 16 heavy (non-hydrogen) atoms. The van der Waals surface area contributed by atoms with Crippen molar-refractivity contribution in [1.29, 1.82) is 0 Å². The highest BCUT2D eigenvalue weighted by atomic mass is 35.5. The summed E-state index contributed by atoms with van der Waals surface area (Å²) in [5, 5.41) is 13.2. The Morgan fingerprint density at radius 3 is 2.88 bits per heavy atom. The van der Waals surface area contributed by atoms with Crippen molar-refractivity contribution in [2.45, 2.75) is 19.5 Å². The fraction of sp³-hybridized carbons (Fsp3) is 0.455. The molecule has 0 amide bonds. The lowest BCUT2D eigenvalue weighted by Crippen LogP contribution is -2.30. The second-order valence-corrected chi connectivity index (χ2v) is 5.66. The quantitative estimate of drug-likeness (QED) is 0.851. The molecule has 90 valence electrons. The SMILES string of the molecule is CC(CS(C)=O)NCc1cccc(Cl)c1O. The zero-order valence-electron chi connectivity index (χ0n) is 9.37. The Kier molecular flexibility index (Phi) is 5.25. The van der Waals surface area contributed by atoms with Gasteiger partial charge in [-0.1, -0.05) is 23.7 Å². The molecule has 0 saturated carbocycles. The van der Waals surface area contributed by atoms with Gasteiger partial charge in [0.2, 0.25) is 0 Å². The van der Waals surface area contributed by atoms with Crippen LogP contribution in [0.25, 0.3) is 0 Å². The number of halogens is 1. The monoisotopic (exact) mass is 261 g/mol. The van der Waals surface area contributed by atoms with E-state index in [0.29, 0.717) is 17.3 Å². The van der Waals surface area contributed by atoms with Gasteiger partial charge in [0.1, 0.15) is 5.75 Å². The molecule has 0 aromatic heterocycles. The Labute approximate surface area is 103 Å². The minimum Gasteiger partial charge on any atom is -0.506 e. The van der Waals surface area contributed by atoms with Crippen molar-refractivity contribution in [3.63, 3.8) is 0 Å². The minimum atomic E-state index is -0.814. The Balaban J connectivity index is 2.54. The molecule has 1 aromatic rings. The largest absolute Gasteiger partial charge is 0.506 e. The highest BCUT2D eigenvalue weighted by Gasteiger charge is 2.07. The molecule has 0 aliphatic heterocycles. The number of aromatic hydroxyl groups is 1. The number of benzene rings is 1. The average Bonchev–Trinajstić information content (AvgIpc) is 2.19. The first-order chi connectivity index (χ1) is 7.50. The second-order valence-electron chi connectivity index (χ2n) is 3.77. The van der Waals surface area contributed by atoms with Crippen LogP contribution in [0.15, 0.2) is 18.2 Å². The molecular weight excluding hydrogens is 246 g/mol. The molecule has 2 N–H and O–H groups in total. The summed E-state index contributed by atoms with van der Waals surface area (Å²) >= 11 is 5.79. The summed E-state index contributed by atoms with van der Waals surface area (Å²) < 4.78 is 11.0. The van der Waals surface area contributed by atoms with Crippen molar-refractivity contribution < 1.29 is 9.32 Å². The van der Waals surface area contributed by atoms with Crippen molar-refractivity contribution in [2.24, 2.45) is 0 Å². The van der Waals surface area contributed by atoms with Gasteiger partial charge in [0.25, 0.3) is 0 Å². The fourth-order valence-electron chi connectivity index (χ4n) is 1.40. The van der Waals surface area contributed by atoms with Gasteiger partial charge in [-0.15, -0.1) is 0 Å². The van der Waals surface area contributed by atoms with Crippen molar-refractivity contribution in [1.82, 2.24) is 5.32 Å². The van der Waals surface area contributed by atoms with Gasteiger partial charge in [-0.3, -0.25) is 4.21 Å². The van der Waals surface area contributed by atoms with Gasteiger partial charge >= 0.3 is 0 Å². The van der Waals surface area contributed by atoms with Crippen LogP contribution >= 0.6 is 11.6 Å². The molecule has 0 radical (unpaired) electrons. The molecule has 0 aliphatic rings. The molecule has 1 aromatic carbocycles.